The lowest BCUT2D eigenvalue weighted by Crippen LogP contribution is -3.00. The molecule has 0 atom stereocenters. The van der Waals surface area contributed by atoms with Crippen LogP contribution in [0.4, 0.5) is 0 Å². The number of carbonyl (C=O) groups is 2. The molecule has 0 heterocycles. The van der Waals surface area contributed by atoms with E-state index >= 15 is 0 Å². The average molecular weight is 1120 g/mol. The van der Waals surface area contributed by atoms with Crippen LogP contribution in [0.25, 0.3) is 0 Å². The minimum absolute atomic E-state index is 0. The summed E-state index contributed by atoms with van der Waals surface area (Å²) in [4.78, 5) is 21.2. The van der Waals surface area contributed by atoms with Gasteiger partial charge < -0.3 is 46.6 Å². The van der Waals surface area contributed by atoms with Crippen LogP contribution >= 0.6 is 14.5 Å². The molecule has 8 heteroatoms. The number of carboxylic acid groups (broad SMARTS) is 2. The molecule has 6 aliphatic rings. The molecule has 400 valence electrons. The van der Waals surface area contributed by atoms with E-state index in [0.717, 1.165) is 59.6 Å². The van der Waals surface area contributed by atoms with Crippen LogP contribution in [0.1, 0.15) is 321 Å². The summed E-state index contributed by atoms with van der Waals surface area (Å²) < 4.78 is 0. The van der Waals surface area contributed by atoms with Gasteiger partial charge in [-0.2, -0.15) is 0 Å². The van der Waals surface area contributed by atoms with Crippen LogP contribution in [-0.2, 0) is 9.59 Å². The topological polar surface area (TPSA) is 74.6 Å². The van der Waals surface area contributed by atoms with Gasteiger partial charge in [0.05, 0.1) is 46.3 Å². The smallest absolute Gasteiger partial charge is 0.303 e. The van der Waals surface area contributed by atoms with Crippen molar-refractivity contribution < 1.29 is 56.2 Å². The van der Waals surface area contributed by atoms with E-state index in [4.69, 9.17) is 10.2 Å². The van der Waals surface area contributed by atoms with Crippen molar-refractivity contribution in [3.63, 3.8) is 0 Å². The van der Waals surface area contributed by atoms with Crippen LogP contribution < -0.4 is 36.4 Å². The molecule has 0 amide bonds. The van der Waals surface area contributed by atoms with Crippen LogP contribution in [0.3, 0.4) is 0 Å². The predicted octanol–water partition coefficient (Wildman–Crippen LogP) is 14.0. The maximum absolute atomic E-state index is 10.6. The zero-order valence-electron chi connectivity index (χ0n) is 44.6. The minimum atomic E-state index is -0.853. The lowest BCUT2D eigenvalue weighted by molar-refractivity contribution is -0.138. The Bertz CT molecular complexity index is 1050. The van der Waals surface area contributed by atoms with Crippen LogP contribution in [-0.4, -0.2) is 68.4 Å². The second-order valence-electron chi connectivity index (χ2n) is 23.8. The fraction of sp³-hybridized carbons (Fsp3) is 0.967. The molecular weight excluding hydrogens is 1010 g/mol. The normalized spacial score (nSPS) is 21.3. The molecule has 6 fully saturated rings. The highest BCUT2D eigenvalue weighted by atomic mass is 127. The summed E-state index contributed by atoms with van der Waals surface area (Å²) in [6.07, 6.45) is 74.3. The van der Waals surface area contributed by atoms with Crippen molar-refractivity contribution in [2.24, 2.45) is 0 Å². The first-order chi connectivity index (χ1) is 32.5. The van der Waals surface area contributed by atoms with Gasteiger partial charge in [-0.3, -0.25) is 9.59 Å². The van der Waals surface area contributed by atoms with Gasteiger partial charge in [0, 0.05) is 27.4 Å². The number of halogens is 2. The fourth-order valence-electron chi connectivity index (χ4n) is 16.1. The van der Waals surface area contributed by atoms with E-state index in [9.17, 15) is 9.59 Å². The first kappa shape index (κ1) is 63.1. The Kier molecular flexibility index (Phi) is 35.6. The molecule has 0 aromatic carbocycles. The first-order valence-electron chi connectivity index (χ1n) is 30.6. The number of unbranched alkanes of at least 4 members (excludes halogenated alkanes) is 16. The third-order valence-corrected chi connectivity index (χ3v) is 32.8. The van der Waals surface area contributed by atoms with Gasteiger partial charge in [0.15, 0.2) is 0 Å². The molecule has 0 saturated heterocycles. The Balaban J connectivity index is 0.000000350. The van der Waals surface area contributed by atoms with E-state index in [-0.39, 0.29) is 36.4 Å². The van der Waals surface area contributed by atoms with Crippen molar-refractivity contribution in [1.82, 2.24) is 0 Å². The van der Waals surface area contributed by atoms with Crippen molar-refractivity contribution >= 4 is 26.5 Å². The quantitative estimate of drug-likeness (QED) is 0.0427. The number of aliphatic carboxylic acids is 2. The second-order valence-corrected chi connectivity index (χ2v) is 33.1. The van der Waals surface area contributed by atoms with Crippen LogP contribution in [0, 0.1) is 0 Å². The van der Waals surface area contributed by atoms with Crippen LogP contribution in [0.5, 0.6) is 0 Å². The van der Waals surface area contributed by atoms with E-state index in [1.54, 1.807) is 166 Å². The molecule has 4 nitrogen and oxygen atoms in total. The van der Waals surface area contributed by atoms with E-state index in [1.165, 1.54) is 128 Å². The standard InChI is InChI=1S/2C30H55O2P.ClH.HI/c2*31-30(32)25-17-6-4-2-1-3-5-7-18-26-33(27-19-11-8-12-20-27,28-21-13-9-14-22-28)29-23-15-10-16-24-29;;/h2*27-29H,1-26H2;2*1H. The molecule has 6 saturated carbocycles. The van der Waals surface area contributed by atoms with Gasteiger partial charge in [-0.05, 0) is 193 Å². The summed E-state index contributed by atoms with van der Waals surface area (Å²) >= 11 is 0. The van der Waals surface area contributed by atoms with Gasteiger partial charge in [-0.1, -0.05) is 116 Å². The third kappa shape index (κ3) is 22.0. The highest BCUT2D eigenvalue weighted by molar-refractivity contribution is 7.78. The molecule has 0 aromatic rings. The van der Waals surface area contributed by atoms with Gasteiger partial charge in [0.1, 0.15) is 0 Å². The number of hydrogen-bond donors (Lipinski definition) is 2. The second kappa shape index (κ2) is 38.4. The summed E-state index contributed by atoms with van der Waals surface area (Å²) in [6.45, 7) is 0. The van der Waals surface area contributed by atoms with Gasteiger partial charge in [0.25, 0.3) is 0 Å². The Morgan fingerprint density at radius 2 is 0.441 bits per heavy atom. The monoisotopic (exact) mass is 1120 g/mol. The first-order valence-corrected chi connectivity index (χ1v) is 35.0. The molecule has 6 aliphatic carbocycles. The predicted molar refractivity (Wildman–Crippen MR) is 292 cm³/mol. The number of hydrogen-bond acceptors (Lipinski definition) is 2. The number of rotatable bonds is 30. The SMILES string of the molecule is O=C(O)CCCCCCCCCCC[P+](C1CCCCC1)(C1CCCCC1)C1CCCCC1.O=C(O)CCCCCCCCCCC[P+](C1CCCCC1)(C1CCCCC1)C1CCCCC1.[Cl-].[I-]. The molecule has 2 N–H and O–H groups in total. The molecule has 0 aromatic heterocycles. The summed E-state index contributed by atoms with van der Waals surface area (Å²) in [5, 5.41) is 17.5. The maximum atomic E-state index is 10.6. The van der Waals surface area contributed by atoms with Crippen LogP contribution in [0.2, 0.25) is 0 Å². The summed E-state index contributed by atoms with van der Waals surface area (Å²) in [5.74, 6) is -1.27. The highest BCUT2D eigenvalue weighted by Gasteiger charge is 2.57. The van der Waals surface area contributed by atoms with Crippen molar-refractivity contribution in [2.75, 3.05) is 12.3 Å². The van der Waals surface area contributed by atoms with Gasteiger partial charge in [-0.25, -0.2) is 0 Å². The molecule has 0 radical (unpaired) electrons. The van der Waals surface area contributed by atoms with Crippen molar-refractivity contribution in [1.29, 1.82) is 0 Å². The highest BCUT2D eigenvalue weighted by Crippen LogP contribution is 2.79. The molecule has 0 bridgehead atoms. The largest absolute Gasteiger partial charge is 1.00 e. The number of carboxylic acids is 2. The van der Waals surface area contributed by atoms with E-state index in [0.29, 0.717) is 12.8 Å². The third-order valence-electron chi connectivity index (χ3n) is 19.4. The average Bonchev–Trinajstić information content (AvgIpc) is 3.36. The van der Waals surface area contributed by atoms with Crippen molar-refractivity contribution in [3.8, 4) is 0 Å². The van der Waals surface area contributed by atoms with Crippen molar-refractivity contribution in [2.45, 2.75) is 355 Å². The van der Waals surface area contributed by atoms with Gasteiger partial charge in [0.2, 0.25) is 0 Å². The Labute approximate surface area is 447 Å². The summed E-state index contributed by atoms with van der Waals surface area (Å²) in [6, 6.07) is 0. The van der Waals surface area contributed by atoms with Crippen LogP contribution in [0.15, 0.2) is 0 Å². The van der Waals surface area contributed by atoms with E-state index < -0.39 is 26.5 Å². The Morgan fingerprint density at radius 3 is 0.618 bits per heavy atom. The molecule has 6 rings (SSSR count). The molecular formula is C60H112ClIO4P2. The molecule has 0 unspecified atom stereocenters. The van der Waals surface area contributed by atoms with E-state index in [1.807, 2.05) is 0 Å². The molecule has 68 heavy (non-hydrogen) atoms. The summed E-state index contributed by atoms with van der Waals surface area (Å²) in [5.41, 5.74) is 6.93. The molecule has 0 aliphatic heterocycles. The minimum Gasteiger partial charge on any atom is -1.00 e. The van der Waals surface area contributed by atoms with Gasteiger partial charge >= 0.3 is 11.9 Å². The van der Waals surface area contributed by atoms with Gasteiger partial charge in [-0.15, -0.1) is 0 Å². The fourth-order valence-corrected chi connectivity index (χ4v) is 31.3. The Hall–Kier alpha value is 0.820. The summed E-state index contributed by atoms with van der Waals surface area (Å²) in [7, 11) is -1.71. The zero-order valence-corrected chi connectivity index (χ0v) is 49.3. The van der Waals surface area contributed by atoms with Crippen molar-refractivity contribution in [3.05, 3.63) is 0 Å². The van der Waals surface area contributed by atoms with E-state index in [2.05, 4.69) is 0 Å². The molecule has 0 spiro atoms. The maximum Gasteiger partial charge on any atom is 0.303 e. The lowest BCUT2D eigenvalue weighted by Gasteiger charge is -2.49. The lowest BCUT2D eigenvalue weighted by atomic mass is 9.99. The zero-order chi connectivity index (χ0) is 46.4. The Morgan fingerprint density at radius 1 is 0.279 bits per heavy atom.